The molecule has 0 saturated heterocycles. The van der Waals surface area contributed by atoms with Crippen LogP contribution in [0.5, 0.6) is 5.75 Å². The Kier molecular flexibility index (Phi) is 3.71. The highest BCUT2D eigenvalue weighted by molar-refractivity contribution is 6.32. The Balaban J connectivity index is 2.41. The monoisotopic (exact) mass is 279 g/mol. The molecule has 0 unspecified atom stereocenters. The van der Waals surface area contributed by atoms with Crippen LogP contribution in [0.3, 0.4) is 0 Å². The molecule has 0 aliphatic carbocycles. The minimum Gasteiger partial charge on any atom is -0.495 e. The van der Waals surface area contributed by atoms with Gasteiger partial charge in [-0.1, -0.05) is 11.6 Å². The number of carbonyl (C=O) groups excluding carboxylic acids is 1. The van der Waals surface area contributed by atoms with Crippen LogP contribution in [0.1, 0.15) is 15.9 Å². The molecule has 0 amide bonds. The van der Waals surface area contributed by atoms with Crippen molar-refractivity contribution < 1.29 is 13.9 Å². The zero-order valence-corrected chi connectivity index (χ0v) is 10.9. The van der Waals surface area contributed by atoms with Crippen molar-refractivity contribution in [2.75, 3.05) is 12.8 Å². The zero-order valence-electron chi connectivity index (χ0n) is 10.1. The second kappa shape index (κ2) is 5.28. The summed E-state index contributed by atoms with van der Waals surface area (Å²) in [5.74, 6) is -0.435. The van der Waals surface area contributed by atoms with Gasteiger partial charge in [-0.25, -0.2) is 4.39 Å². The molecule has 0 bridgehead atoms. The van der Waals surface area contributed by atoms with Gasteiger partial charge in [-0.2, -0.15) is 0 Å². The van der Waals surface area contributed by atoms with Crippen molar-refractivity contribution in [1.82, 2.24) is 0 Å². The third-order valence-corrected chi connectivity index (χ3v) is 2.89. The van der Waals surface area contributed by atoms with Crippen molar-refractivity contribution in [2.45, 2.75) is 0 Å². The first-order valence-corrected chi connectivity index (χ1v) is 5.83. The SMILES string of the molecule is COc1ccc(C(=O)c2cc(N)cc(F)c2)cc1Cl. The van der Waals surface area contributed by atoms with E-state index in [0.717, 1.165) is 12.1 Å². The van der Waals surface area contributed by atoms with Crippen LogP contribution in [0.15, 0.2) is 36.4 Å². The Hall–Kier alpha value is -2.07. The first-order valence-electron chi connectivity index (χ1n) is 5.45. The van der Waals surface area contributed by atoms with Gasteiger partial charge in [0.15, 0.2) is 5.78 Å². The Morgan fingerprint density at radius 1 is 1.21 bits per heavy atom. The van der Waals surface area contributed by atoms with Gasteiger partial charge in [-0.15, -0.1) is 0 Å². The number of ketones is 1. The van der Waals surface area contributed by atoms with E-state index in [4.69, 9.17) is 22.1 Å². The van der Waals surface area contributed by atoms with Gasteiger partial charge in [-0.3, -0.25) is 4.79 Å². The molecule has 0 saturated carbocycles. The minimum atomic E-state index is -0.553. The van der Waals surface area contributed by atoms with Crippen LogP contribution in [0.25, 0.3) is 0 Å². The molecule has 0 fully saturated rings. The molecule has 2 aromatic rings. The lowest BCUT2D eigenvalue weighted by Crippen LogP contribution is -2.03. The van der Waals surface area contributed by atoms with Crippen molar-refractivity contribution in [3.8, 4) is 5.75 Å². The summed E-state index contributed by atoms with van der Waals surface area (Å²) in [6.45, 7) is 0. The van der Waals surface area contributed by atoms with Gasteiger partial charge >= 0.3 is 0 Å². The van der Waals surface area contributed by atoms with Crippen molar-refractivity contribution >= 4 is 23.1 Å². The van der Waals surface area contributed by atoms with Crippen molar-refractivity contribution in [2.24, 2.45) is 0 Å². The molecule has 0 spiro atoms. The maximum absolute atomic E-state index is 13.2. The van der Waals surface area contributed by atoms with Gasteiger partial charge in [0.2, 0.25) is 0 Å². The van der Waals surface area contributed by atoms with Crippen molar-refractivity contribution in [3.63, 3.8) is 0 Å². The molecule has 2 aromatic carbocycles. The second-order valence-electron chi connectivity index (χ2n) is 3.95. The predicted octanol–water partition coefficient (Wildman–Crippen LogP) is 3.30. The molecule has 98 valence electrons. The summed E-state index contributed by atoms with van der Waals surface area (Å²) in [6, 6.07) is 8.33. The third-order valence-electron chi connectivity index (χ3n) is 2.60. The van der Waals surface area contributed by atoms with Crippen LogP contribution >= 0.6 is 11.6 Å². The van der Waals surface area contributed by atoms with E-state index in [1.165, 1.54) is 19.2 Å². The van der Waals surface area contributed by atoms with E-state index in [0.29, 0.717) is 16.3 Å². The molecule has 0 atom stereocenters. The number of anilines is 1. The molecule has 2 rings (SSSR count). The van der Waals surface area contributed by atoms with E-state index in [2.05, 4.69) is 0 Å². The summed E-state index contributed by atoms with van der Waals surface area (Å²) >= 11 is 5.95. The number of methoxy groups -OCH3 is 1. The highest BCUT2D eigenvalue weighted by Crippen LogP contribution is 2.26. The molecular weight excluding hydrogens is 269 g/mol. The lowest BCUT2D eigenvalue weighted by atomic mass is 10.0. The highest BCUT2D eigenvalue weighted by atomic mass is 35.5. The number of ether oxygens (including phenoxy) is 1. The number of benzene rings is 2. The summed E-state index contributed by atoms with van der Waals surface area (Å²) in [7, 11) is 1.48. The summed E-state index contributed by atoms with van der Waals surface area (Å²) in [5, 5.41) is 0.317. The number of nitrogens with two attached hydrogens (primary N) is 1. The molecule has 0 radical (unpaired) electrons. The average Bonchev–Trinajstić information content (AvgIpc) is 2.36. The number of rotatable bonds is 3. The van der Waals surface area contributed by atoms with E-state index < -0.39 is 5.82 Å². The van der Waals surface area contributed by atoms with Crippen LogP contribution < -0.4 is 10.5 Å². The van der Waals surface area contributed by atoms with Gasteiger partial charge in [0.05, 0.1) is 12.1 Å². The fourth-order valence-corrected chi connectivity index (χ4v) is 1.98. The maximum atomic E-state index is 13.2. The maximum Gasteiger partial charge on any atom is 0.193 e. The zero-order chi connectivity index (χ0) is 14.0. The molecule has 0 heterocycles. The molecule has 2 N–H and O–H groups in total. The van der Waals surface area contributed by atoms with Gasteiger partial charge < -0.3 is 10.5 Å². The average molecular weight is 280 g/mol. The molecule has 3 nitrogen and oxygen atoms in total. The minimum absolute atomic E-state index is 0.179. The smallest absolute Gasteiger partial charge is 0.193 e. The highest BCUT2D eigenvalue weighted by Gasteiger charge is 2.13. The molecule has 0 aliphatic rings. The van der Waals surface area contributed by atoms with E-state index in [-0.39, 0.29) is 17.0 Å². The standard InChI is InChI=1S/C14H11ClFNO2/c1-19-13-3-2-8(6-12(13)15)14(18)9-4-10(16)7-11(17)5-9/h2-7H,17H2,1H3. The summed E-state index contributed by atoms with van der Waals surface area (Å²) in [5.41, 5.74) is 6.23. The normalized spacial score (nSPS) is 10.3. The third kappa shape index (κ3) is 2.85. The van der Waals surface area contributed by atoms with Gasteiger partial charge in [-0.05, 0) is 36.4 Å². The number of carbonyl (C=O) groups is 1. The van der Waals surface area contributed by atoms with E-state index >= 15 is 0 Å². The summed E-state index contributed by atoms with van der Waals surface area (Å²) in [6.07, 6.45) is 0. The molecule has 5 heteroatoms. The van der Waals surface area contributed by atoms with Gasteiger partial charge in [0.25, 0.3) is 0 Å². The van der Waals surface area contributed by atoms with E-state index in [1.54, 1.807) is 12.1 Å². The van der Waals surface area contributed by atoms with E-state index in [1.807, 2.05) is 0 Å². The number of halogens is 2. The number of hydrogen-bond donors (Lipinski definition) is 1. The Labute approximate surface area is 114 Å². The largest absolute Gasteiger partial charge is 0.495 e. The molecule has 0 aromatic heterocycles. The Bertz CT molecular complexity index is 623. The Morgan fingerprint density at radius 2 is 1.95 bits per heavy atom. The molecule has 0 aliphatic heterocycles. The van der Waals surface area contributed by atoms with Crippen molar-refractivity contribution in [3.05, 3.63) is 58.4 Å². The van der Waals surface area contributed by atoms with Crippen LogP contribution in [0.4, 0.5) is 10.1 Å². The second-order valence-corrected chi connectivity index (χ2v) is 4.36. The van der Waals surface area contributed by atoms with Gasteiger partial charge in [0.1, 0.15) is 11.6 Å². The number of hydrogen-bond acceptors (Lipinski definition) is 3. The van der Waals surface area contributed by atoms with Crippen LogP contribution in [-0.4, -0.2) is 12.9 Å². The van der Waals surface area contributed by atoms with Crippen molar-refractivity contribution in [1.29, 1.82) is 0 Å². The summed E-state index contributed by atoms with van der Waals surface area (Å²) < 4.78 is 18.2. The van der Waals surface area contributed by atoms with Crippen LogP contribution in [0, 0.1) is 5.82 Å². The van der Waals surface area contributed by atoms with Crippen LogP contribution in [-0.2, 0) is 0 Å². The quantitative estimate of drug-likeness (QED) is 0.693. The topological polar surface area (TPSA) is 52.3 Å². The number of nitrogen functional groups attached to an aromatic ring is 1. The van der Waals surface area contributed by atoms with Gasteiger partial charge in [0, 0.05) is 16.8 Å². The lowest BCUT2D eigenvalue weighted by molar-refractivity contribution is 0.103. The van der Waals surface area contributed by atoms with E-state index in [9.17, 15) is 9.18 Å². The fourth-order valence-electron chi connectivity index (χ4n) is 1.72. The lowest BCUT2D eigenvalue weighted by Gasteiger charge is -2.06. The Morgan fingerprint density at radius 3 is 2.53 bits per heavy atom. The predicted molar refractivity (Wildman–Crippen MR) is 72.2 cm³/mol. The van der Waals surface area contributed by atoms with Crippen LogP contribution in [0.2, 0.25) is 5.02 Å². The first-order chi connectivity index (χ1) is 9.01. The first kappa shape index (κ1) is 13.4. The molecule has 19 heavy (non-hydrogen) atoms. The molecular formula is C14H11ClFNO2. The summed E-state index contributed by atoms with van der Waals surface area (Å²) in [4.78, 5) is 12.2. The fraction of sp³-hybridized carbons (Fsp3) is 0.0714.